The number of hydrogen-bond acceptors (Lipinski definition) is 5. The van der Waals surface area contributed by atoms with E-state index in [9.17, 15) is 8.42 Å². The molecule has 0 bridgehead atoms. The maximum Gasteiger partial charge on any atom is 0.225 e. The number of aryl methyl sites for hydroxylation is 1. The van der Waals surface area contributed by atoms with Crippen molar-refractivity contribution in [2.24, 2.45) is 5.92 Å². The lowest BCUT2D eigenvalue weighted by Gasteiger charge is -2.21. The van der Waals surface area contributed by atoms with Crippen molar-refractivity contribution >= 4 is 16.0 Å². The molecule has 2 atom stereocenters. The van der Waals surface area contributed by atoms with E-state index in [1.54, 1.807) is 7.05 Å². The highest BCUT2D eigenvalue weighted by molar-refractivity contribution is 7.90. The van der Waals surface area contributed by atoms with E-state index in [0.29, 0.717) is 19.5 Å². The molecule has 7 heteroatoms. The first-order chi connectivity index (χ1) is 10.0. The van der Waals surface area contributed by atoms with Gasteiger partial charge in [0.15, 0.2) is 0 Å². The largest absolute Gasteiger partial charge is 0.341 e. The van der Waals surface area contributed by atoms with Crippen LogP contribution < -0.4 is 4.90 Å². The Morgan fingerprint density at radius 1 is 1.24 bits per heavy atom. The third kappa shape index (κ3) is 2.64. The van der Waals surface area contributed by atoms with Crippen LogP contribution in [0.5, 0.6) is 0 Å². The van der Waals surface area contributed by atoms with Crippen LogP contribution in [0.1, 0.15) is 25.3 Å². The SMILES string of the molecule is CCc1cnc(N2CC[C@@H]3CN(C)S(=O)(=O)[C@@H]3CC2)nc1. The number of nitrogens with zero attached hydrogens (tertiary/aromatic N) is 4. The minimum Gasteiger partial charge on any atom is -0.341 e. The summed E-state index contributed by atoms with van der Waals surface area (Å²) in [5, 5.41) is -0.234. The highest BCUT2D eigenvalue weighted by atomic mass is 32.2. The summed E-state index contributed by atoms with van der Waals surface area (Å²) < 4.78 is 26.1. The zero-order valence-electron chi connectivity index (χ0n) is 12.6. The van der Waals surface area contributed by atoms with Crippen molar-refractivity contribution in [3.8, 4) is 0 Å². The number of aromatic nitrogens is 2. The fourth-order valence-corrected chi connectivity index (χ4v) is 5.27. The summed E-state index contributed by atoms with van der Waals surface area (Å²) in [5.74, 6) is 0.956. The van der Waals surface area contributed by atoms with Crippen LogP contribution in [-0.4, -0.2) is 54.6 Å². The molecule has 6 nitrogen and oxygen atoms in total. The fourth-order valence-electron chi connectivity index (χ4n) is 3.30. The lowest BCUT2D eigenvalue weighted by molar-refractivity contribution is 0.429. The van der Waals surface area contributed by atoms with E-state index in [1.807, 2.05) is 12.4 Å². The van der Waals surface area contributed by atoms with Crippen LogP contribution in [0.3, 0.4) is 0 Å². The molecule has 116 valence electrons. The average molecular weight is 310 g/mol. The maximum absolute atomic E-state index is 12.3. The molecule has 0 amide bonds. The van der Waals surface area contributed by atoms with Crippen LogP contribution in [0.2, 0.25) is 0 Å². The van der Waals surface area contributed by atoms with Gasteiger partial charge in [-0.1, -0.05) is 6.92 Å². The van der Waals surface area contributed by atoms with Gasteiger partial charge in [0.1, 0.15) is 0 Å². The topological polar surface area (TPSA) is 66.4 Å². The van der Waals surface area contributed by atoms with Crippen molar-refractivity contribution in [1.29, 1.82) is 0 Å². The average Bonchev–Trinajstić information content (AvgIpc) is 2.64. The van der Waals surface area contributed by atoms with Crippen LogP contribution in [-0.2, 0) is 16.4 Å². The number of rotatable bonds is 2. The van der Waals surface area contributed by atoms with Crippen LogP contribution in [0.15, 0.2) is 12.4 Å². The van der Waals surface area contributed by atoms with Gasteiger partial charge in [-0.05, 0) is 30.7 Å². The smallest absolute Gasteiger partial charge is 0.225 e. The highest BCUT2D eigenvalue weighted by Crippen LogP contribution is 2.33. The second-order valence-electron chi connectivity index (χ2n) is 5.93. The van der Waals surface area contributed by atoms with E-state index in [1.165, 1.54) is 4.31 Å². The Morgan fingerprint density at radius 2 is 1.90 bits per heavy atom. The first-order valence-corrected chi connectivity index (χ1v) is 9.03. The zero-order chi connectivity index (χ0) is 15.0. The van der Waals surface area contributed by atoms with E-state index in [-0.39, 0.29) is 11.2 Å². The van der Waals surface area contributed by atoms with E-state index in [4.69, 9.17) is 0 Å². The summed E-state index contributed by atoms with van der Waals surface area (Å²) in [6, 6.07) is 0. The molecule has 0 saturated carbocycles. The summed E-state index contributed by atoms with van der Waals surface area (Å²) in [6.45, 7) is 4.26. The first-order valence-electron chi connectivity index (χ1n) is 7.53. The van der Waals surface area contributed by atoms with Crippen molar-refractivity contribution < 1.29 is 8.42 Å². The number of fused-ring (bicyclic) bond motifs is 1. The first kappa shape index (κ1) is 14.7. The van der Waals surface area contributed by atoms with Gasteiger partial charge in [0.2, 0.25) is 16.0 Å². The molecule has 2 fully saturated rings. The quantitative estimate of drug-likeness (QED) is 0.812. The van der Waals surface area contributed by atoms with E-state index >= 15 is 0 Å². The predicted octanol–water partition coefficient (Wildman–Crippen LogP) is 0.899. The Bertz CT molecular complexity index is 602. The van der Waals surface area contributed by atoms with Crippen LogP contribution in [0.4, 0.5) is 5.95 Å². The van der Waals surface area contributed by atoms with Crippen LogP contribution in [0, 0.1) is 5.92 Å². The van der Waals surface area contributed by atoms with Gasteiger partial charge >= 0.3 is 0 Å². The third-order valence-corrected chi connectivity index (χ3v) is 7.07. The summed E-state index contributed by atoms with van der Waals surface area (Å²) in [4.78, 5) is 10.9. The number of hydrogen-bond donors (Lipinski definition) is 0. The van der Waals surface area contributed by atoms with Crippen molar-refractivity contribution in [2.75, 3.05) is 31.6 Å². The monoisotopic (exact) mass is 310 g/mol. The van der Waals surface area contributed by atoms with Crippen molar-refractivity contribution in [1.82, 2.24) is 14.3 Å². The van der Waals surface area contributed by atoms with Gasteiger partial charge in [0, 0.05) is 39.1 Å². The Morgan fingerprint density at radius 3 is 2.57 bits per heavy atom. The van der Waals surface area contributed by atoms with Gasteiger partial charge in [0.25, 0.3) is 0 Å². The second-order valence-corrected chi connectivity index (χ2v) is 8.19. The molecule has 21 heavy (non-hydrogen) atoms. The molecule has 1 aromatic heterocycles. The van der Waals surface area contributed by atoms with E-state index < -0.39 is 10.0 Å². The van der Waals surface area contributed by atoms with Gasteiger partial charge in [-0.15, -0.1) is 0 Å². The second kappa shape index (κ2) is 5.53. The van der Waals surface area contributed by atoms with Gasteiger partial charge in [-0.25, -0.2) is 22.7 Å². The molecule has 0 aliphatic carbocycles. The molecule has 0 aromatic carbocycles. The van der Waals surface area contributed by atoms with Crippen LogP contribution >= 0.6 is 0 Å². The molecular weight excluding hydrogens is 288 g/mol. The van der Waals surface area contributed by atoms with Gasteiger partial charge < -0.3 is 4.90 Å². The fraction of sp³-hybridized carbons (Fsp3) is 0.714. The van der Waals surface area contributed by atoms with E-state index in [0.717, 1.165) is 30.9 Å². The van der Waals surface area contributed by atoms with Gasteiger partial charge in [-0.3, -0.25) is 0 Å². The predicted molar refractivity (Wildman–Crippen MR) is 81.7 cm³/mol. The van der Waals surface area contributed by atoms with Crippen molar-refractivity contribution in [3.63, 3.8) is 0 Å². The molecule has 2 aliphatic heterocycles. The molecule has 0 N–H and O–H groups in total. The minimum absolute atomic E-state index is 0.234. The molecule has 2 saturated heterocycles. The summed E-state index contributed by atoms with van der Waals surface area (Å²) >= 11 is 0. The Labute approximate surface area is 126 Å². The zero-order valence-corrected chi connectivity index (χ0v) is 13.4. The summed E-state index contributed by atoms with van der Waals surface area (Å²) in [6.07, 6.45) is 6.19. The number of sulfonamides is 1. The molecule has 0 unspecified atom stereocenters. The maximum atomic E-state index is 12.3. The lowest BCUT2D eigenvalue weighted by atomic mass is 10.0. The molecule has 0 spiro atoms. The van der Waals surface area contributed by atoms with E-state index in [2.05, 4.69) is 21.8 Å². The summed E-state index contributed by atoms with van der Waals surface area (Å²) in [5.41, 5.74) is 1.12. The van der Waals surface area contributed by atoms with Crippen molar-refractivity contribution in [3.05, 3.63) is 18.0 Å². The molecule has 3 heterocycles. The molecular formula is C14H22N4O2S. The lowest BCUT2D eigenvalue weighted by Crippen LogP contribution is -2.30. The Kier molecular flexibility index (Phi) is 3.88. The van der Waals surface area contributed by atoms with Gasteiger partial charge in [0.05, 0.1) is 5.25 Å². The molecule has 3 rings (SSSR count). The van der Waals surface area contributed by atoms with Crippen LogP contribution in [0.25, 0.3) is 0 Å². The summed E-state index contributed by atoms with van der Waals surface area (Å²) in [7, 11) is -1.41. The minimum atomic E-state index is -3.10. The third-order valence-electron chi connectivity index (χ3n) is 4.67. The molecule has 2 aliphatic rings. The van der Waals surface area contributed by atoms with Crippen molar-refractivity contribution in [2.45, 2.75) is 31.4 Å². The molecule has 0 radical (unpaired) electrons. The van der Waals surface area contributed by atoms with Gasteiger partial charge in [-0.2, -0.15) is 0 Å². The Balaban J connectivity index is 1.75. The standard InChI is InChI=1S/C14H22N4O2S/c1-3-11-8-15-14(16-9-11)18-6-4-12-10-17(2)21(19,20)13(12)5-7-18/h8-9,12-13H,3-7,10H2,1-2H3/t12-,13-/m1/s1. The molecule has 1 aromatic rings. The number of anilines is 1. The Hall–Kier alpha value is -1.21. The normalized spacial score (nSPS) is 29.1. The highest BCUT2D eigenvalue weighted by Gasteiger charge is 2.45.